The van der Waals surface area contributed by atoms with E-state index in [0.29, 0.717) is 0 Å². The SMILES string of the molecule is CSCCC(NC(=O)C1CC1)C(=O)N1CCN(C)CC1. The van der Waals surface area contributed by atoms with Crippen LogP contribution in [0.25, 0.3) is 0 Å². The molecule has 2 rings (SSSR count). The Labute approximate surface area is 125 Å². The summed E-state index contributed by atoms with van der Waals surface area (Å²) in [5.74, 6) is 1.22. The van der Waals surface area contributed by atoms with Gasteiger partial charge in [-0.15, -0.1) is 0 Å². The van der Waals surface area contributed by atoms with Gasteiger partial charge in [0.1, 0.15) is 6.04 Å². The fourth-order valence-electron chi connectivity index (χ4n) is 2.38. The molecule has 0 aromatic rings. The van der Waals surface area contributed by atoms with E-state index in [1.807, 2.05) is 11.2 Å². The van der Waals surface area contributed by atoms with Crippen molar-refractivity contribution in [1.82, 2.24) is 15.1 Å². The molecule has 1 atom stereocenters. The number of hydrogen-bond acceptors (Lipinski definition) is 4. The molecule has 2 fully saturated rings. The van der Waals surface area contributed by atoms with Crippen molar-refractivity contribution in [3.8, 4) is 0 Å². The number of nitrogens with zero attached hydrogens (tertiary/aromatic N) is 2. The first-order valence-corrected chi connectivity index (χ1v) is 8.78. The molecule has 0 bridgehead atoms. The van der Waals surface area contributed by atoms with Crippen LogP contribution in [0.3, 0.4) is 0 Å². The molecule has 2 aliphatic rings. The third kappa shape index (κ3) is 4.38. The third-order valence-corrected chi connectivity index (χ3v) is 4.63. The van der Waals surface area contributed by atoms with Crippen LogP contribution in [-0.2, 0) is 9.59 Å². The van der Waals surface area contributed by atoms with Gasteiger partial charge in [-0.25, -0.2) is 0 Å². The molecule has 1 aliphatic carbocycles. The first-order valence-electron chi connectivity index (χ1n) is 7.38. The summed E-state index contributed by atoms with van der Waals surface area (Å²) in [7, 11) is 2.07. The number of carbonyl (C=O) groups is 2. The van der Waals surface area contributed by atoms with Gasteiger partial charge in [-0.2, -0.15) is 11.8 Å². The second kappa shape index (κ2) is 7.31. The molecule has 1 heterocycles. The van der Waals surface area contributed by atoms with E-state index in [2.05, 4.69) is 17.3 Å². The lowest BCUT2D eigenvalue weighted by molar-refractivity contribution is -0.138. The van der Waals surface area contributed by atoms with Crippen LogP contribution >= 0.6 is 11.8 Å². The summed E-state index contributed by atoms with van der Waals surface area (Å²) in [5.41, 5.74) is 0. The minimum atomic E-state index is -0.334. The largest absolute Gasteiger partial charge is 0.344 e. The van der Waals surface area contributed by atoms with Gasteiger partial charge < -0.3 is 15.1 Å². The van der Waals surface area contributed by atoms with Gasteiger partial charge in [0.05, 0.1) is 0 Å². The van der Waals surface area contributed by atoms with Crippen molar-refractivity contribution in [3.63, 3.8) is 0 Å². The number of amides is 2. The molecule has 1 saturated heterocycles. The molecular weight excluding hydrogens is 274 g/mol. The van der Waals surface area contributed by atoms with E-state index in [1.54, 1.807) is 11.8 Å². The second-order valence-corrected chi connectivity index (χ2v) is 6.73. The van der Waals surface area contributed by atoms with E-state index in [-0.39, 0.29) is 23.8 Å². The second-order valence-electron chi connectivity index (χ2n) is 5.75. The van der Waals surface area contributed by atoms with Crippen LogP contribution in [0.2, 0.25) is 0 Å². The summed E-state index contributed by atoms with van der Waals surface area (Å²) in [6.45, 7) is 3.36. The highest BCUT2D eigenvalue weighted by Gasteiger charge is 2.34. The van der Waals surface area contributed by atoms with Crippen LogP contribution in [0.15, 0.2) is 0 Å². The van der Waals surface area contributed by atoms with E-state index in [4.69, 9.17) is 0 Å². The van der Waals surface area contributed by atoms with Crippen molar-refractivity contribution in [2.24, 2.45) is 5.92 Å². The molecule has 5 nitrogen and oxygen atoms in total. The Morgan fingerprint density at radius 1 is 1.25 bits per heavy atom. The quantitative estimate of drug-likeness (QED) is 0.772. The minimum absolute atomic E-state index is 0.0681. The van der Waals surface area contributed by atoms with E-state index in [1.165, 1.54) is 0 Å². The lowest BCUT2D eigenvalue weighted by Gasteiger charge is -2.34. The molecular formula is C14H25N3O2S. The van der Waals surface area contributed by atoms with Crippen molar-refractivity contribution in [3.05, 3.63) is 0 Å². The number of piperazine rings is 1. The number of likely N-dealkylation sites (N-methyl/N-ethyl adjacent to an activating group) is 1. The van der Waals surface area contributed by atoms with E-state index in [0.717, 1.165) is 51.2 Å². The molecule has 0 radical (unpaired) electrons. The first kappa shape index (κ1) is 15.6. The van der Waals surface area contributed by atoms with E-state index < -0.39 is 0 Å². The van der Waals surface area contributed by atoms with Gasteiger partial charge in [-0.3, -0.25) is 9.59 Å². The summed E-state index contributed by atoms with van der Waals surface area (Å²) in [5, 5.41) is 2.96. The monoisotopic (exact) mass is 299 g/mol. The molecule has 6 heteroatoms. The zero-order chi connectivity index (χ0) is 14.5. The number of thioether (sulfide) groups is 1. The van der Waals surface area contributed by atoms with Gasteiger partial charge in [0.15, 0.2) is 0 Å². The van der Waals surface area contributed by atoms with Gasteiger partial charge in [0.25, 0.3) is 0 Å². The number of rotatable bonds is 6. The van der Waals surface area contributed by atoms with Crippen molar-refractivity contribution < 1.29 is 9.59 Å². The highest BCUT2D eigenvalue weighted by Crippen LogP contribution is 2.29. The molecule has 1 N–H and O–H groups in total. The van der Waals surface area contributed by atoms with Crippen LogP contribution in [0, 0.1) is 5.92 Å². The Morgan fingerprint density at radius 3 is 2.45 bits per heavy atom. The van der Waals surface area contributed by atoms with Gasteiger partial charge in [-0.1, -0.05) is 0 Å². The Morgan fingerprint density at radius 2 is 1.90 bits per heavy atom. The van der Waals surface area contributed by atoms with Crippen LogP contribution in [0.4, 0.5) is 0 Å². The summed E-state index contributed by atoms with van der Waals surface area (Å²) >= 11 is 1.72. The summed E-state index contributed by atoms with van der Waals surface area (Å²) in [6, 6.07) is -0.334. The average molecular weight is 299 g/mol. The Balaban J connectivity index is 1.89. The number of hydrogen-bond donors (Lipinski definition) is 1. The average Bonchev–Trinajstić information content (AvgIpc) is 3.28. The van der Waals surface area contributed by atoms with Crippen molar-refractivity contribution >= 4 is 23.6 Å². The number of nitrogens with one attached hydrogen (secondary N) is 1. The standard InChI is InChI=1S/C14H25N3O2S/c1-16-6-8-17(9-7-16)14(19)12(5-10-20-2)15-13(18)11-3-4-11/h11-12H,3-10H2,1-2H3,(H,15,18). The maximum atomic E-state index is 12.6. The predicted molar refractivity (Wildman–Crippen MR) is 81.7 cm³/mol. The van der Waals surface area contributed by atoms with Gasteiger partial charge in [-0.05, 0) is 38.3 Å². The van der Waals surface area contributed by atoms with Crippen LogP contribution in [0.5, 0.6) is 0 Å². The highest BCUT2D eigenvalue weighted by molar-refractivity contribution is 7.98. The number of carbonyl (C=O) groups excluding carboxylic acids is 2. The van der Waals surface area contributed by atoms with Crippen LogP contribution in [0.1, 0.15) is 19.3 Å². The highest BCUT2D eigenvalue weighted by atomic mass is 32.2. The summed E-state index contributed by atoms with van der Waals surface area (Å²) in [4.78, 5) is 28.6. The maximum absolute atomic E-state index is 12.6. The van der Waals surface area contributed by atoms with Crippen molar-refractivity contribution in [2.45, 2.75) is 25.3 Å². The van der Waals surface area contributed by atoms with Gasteiger partial charge in [0.2, 0.25) is 11.8 Å². The molecule has 20 heavy (non-hydrogen) atoms. The Kier molecular flexibility index (Phi) is 5.72. The lowest BCUT2D eigenvalue weighted by atomic mass is 10.1. The molecule has 114 valence electrons. The smallest absolute Gasteiger partial charge is 0.245 e. The Hall–Kier alpha value is -0.750. The van der Waals surface area contributed by atoms with Crippen molar-refractivity contribution in [2.75, 3.05) is 45.2 Å². The molecule has 1 unspecified atom stereocenters. The zero-order valence-corrected chi connectivity index (χ0v) is 13.2. The maximum Gasteiger partial charge on any atom is 0.245 e. The van der Waals surface area contributed by atoms with Crippen LogP contribution < -0.4 is 5.32 Å². The van der Waals surface area contributed by atoms with Gasteiger partial charge in [0, 0.05) is 32.1 Å². The first-order chi connectivity index (χ1) is 9.61. The molecule has 0 aromatic heterocycles. The lowest BCUT2D eigenvalue weighted by Crippen LogP contribution is -2.54. The zero-order valence-electron chi connectivity index (χ0n) is 12.4. The summed E-state index contributed by atoms with van der Waals surface area (Å²) in [6.07, 6.45) is 4.71. The molecule has 1 aliphatic heterocycles. The predicted octanol–water partition coefficient (Wildman–Crippen LogP) is 0.408. The molecule has 2 amide bonds. The fraction of sp³-hybridized carbons (Fsp3) is 0.857. The molecule has 0 aromatic carbocycles. The van der Waals surface area contributed by atoms with E-state index in [9.17, 15) is 9.59 Å². The normalized spacial score (nSPS) is 21.6. The summed E-state index contributed by atoms with van der Waals surface area (Å²) < 4.78 is 0. The molecule has 1 saturated carbocycles. The topological polar surface area (TPSA) is 52.7 Å². The minimum Gasteiger partial charge on any atom is -0.344 e. The van der Waals surface area contributed by atoms with Gasteiger partial charge >= 0.3 is 0 Å². The van der Waals surface area contributed by atoms with E-state index >= 15 is 0 Å². The fourth-order valence-corrected chi connectivity index (χ4v) is 2.85. The Bertz CT molecular complexity index is 352. The molecule has 0 spiro atoms. The van der Waals surface area contributed by atoms with Crippen molar-refractivity contribution in [1.29, 1.82) is 0 Å². The third-order valence-electron chi connectivity index (χ3n) is 3.99. The van der Waals surface area contributed by atoms with Crippen LogP contribution in [-0.4, -0.2) is 72.9 Å².